The van der Waals surface area contributed by atoms with Gasteiger partial charge in [0.05, 0.1) is 0 Å². The minimum atomic E-state index is -0.789. The Bertz CT molecular complexity index is 594. The van der Waals surface area contributed by atoms with E-state index >= 15 is 0 Å². The summed E-state index contributed by atoms with van der Waals surface area (Å²) in [6.07, 6.45) is 0. The molecule has 1 aliphatic rings. The van der Waals surface area contributed by atoms with Gasteiger partial charge in [-0.05, 0) is 16.3 Å². The van der Waals surface area contributed by atoms with Gasteiger partial charge in [-0.25, -0.2) is 4.79 Å². The van der Waals surface area contributed by atoms with Gasteiger partial charge in [-0.15, -0.1) is 11.8 Å². The molecule has 92 valence electrons. The second kappa shape index (κ2) is 4.63. The van der Waals surface area contributed by atoms with Gasteiger partial charge >= 0.3 is 5.97 Å². The third-order valence-corrected chi connectivity index (χ3v) is 4.40. The van der Waals surface area contributed by atoms with Crippen LogP contribution in [-0.2, 0) is 4.79 Å². The molecule has 0 bridgehead atoms. The summed E-state index contributed by atoms with van der Waals surface area (Å²) >= 11 is 1.45. The lowest BCUT2D eigenvalue weighted by atomic mass is 10.00. The van der Waals surface area contributed by atoms with Crippen molar-refractivity contribution in [2.24, 2.45) is 0 Å². The van der Waals surface area contributed by atoms with Crippen molar-refractivity contribution in [3.63, 3.8) is 0 Å². The highest BCUT2D eigenvalue weighted by Crippen LogP contribution is 2.33. The summed E-state index contributed by atoms with van der Waals surface area (Å²) in [5, 5.41) is 14.1. The van der Waals surface area contributed by atoms with Crippen molar-refractivity contribution < 1.29 is 9.90 Å². The van der Waals surface area contributed by atoms with Crippen LogP contribution in [0.4, 0.5) is 0 Å². The molecule has 2 atom stereocenters. The fraction of sp³-hybridized carbons (Fsp3) is 0.214. The molecule has 3 rings (SSSR count). The first-order valence-electron chi connectivity index (χ1n) is 5.84. The highest BCUT2D eigenvalue weighted by molar-refractivity contribution is 8.00. The number of fused-ring (bicyclic) bond motifs is 1. The van der Waals surface area contributed by atoms with Crippen molar-refractivity contribution >= 4 is 28.5 Å². The van der Waals surface area contributed by atoms with Crippen molar-refractivity contribution in [3.05, 3.63) is 48.0 Å². The molecule has 4 heteroatoms. The van der Waals surface area contributed by atoms with Gasteiger partial charge in [0.15, 0.2) is 5.37 Å². The Labute approximate surface area is 109 Å². The molecule has 0 radical (unpaired) electrons. The van der Waals surface area contributed by atoms with Crippen LogP contribution in [0.15, 0.2) is 42.5 Å². The Morgan fingerprint density at radius 1 is 1.22 bits per heavy atom. The van der Waals surface area contributed by atoms with Crippen molar-refractivity contribution in [2.45, 2.75) is 11.4 Å². The number of rotatable bonds is 2. The molecule has 0 amide bonds. The van der Waals surface area contributed by atoms with E-state index in [9.17, 15) is 4.79 Å². The maximum atomic E-state index is 11.0. The first-order chi connectivity index (χ1) is 8.75. The van der Waals surface area contributed by atoms with Gasteiger partial charge in [0, 0.05) is 11.8 Å². The van der Waals surface area contributed by atoms with E-state index in [0.29, 0.717) is 0 Å². The van der Waals surface area contributed by atoms with Gasteiger partial charge in [-0.2, -0.15) is 0 Å². The molecule has 2 N–H and O–H groups in total. The number of carbonyl (C=O) groups is 1. The van der Waals surface area contributed by atoms with E-state index in [4.69, 9.17) is 5.11 Å². The summed E-state index contributed by atoms with van der Waals surface area (Å²) < 4.78 is 0. The first kappa shape index (κ1) is 11.6. The standard InChI is InChI=1S/C14H13NO2S/c16-14(17)13-15-12(8-18-13)11-7-3-5-9-4-1-2-6-10(9)11/h1-7,12-13,15H,8H2,(H,16,17). The molecule has 0 aliphatic carbocycles. The highest BCUT2D eigenvalue weighted by atomic mass is 32.2. The fourth-order valence-corrected chi connectivity index (χ4v) is 3.41. The predicted molar refractivity (Wildman–Crippen MR) is 73.7 cm³/mol. The lowest BCUT2D eigenvalue weighted by Crippen LogP contribution is -2.30. The summed E-state index contributed by atoms with van der Waals surface area (Å²) in [7, 11) is 0. The molecule has 0 saturated carbocycles. The molecule has 1 saturated heterocycles. The smallest absolute Gasteiger partial charge is 0.331 e. The fourth-order valence-electron chi connectivity index (χ4n) is 2.35. The Morgan fingerprint density at radius 2 is 2.00 bits per heavy atom. The van der Waals surface area contributed by atoms with E-state index < -0.39 is 11.3 Å². The highest BCUT2D eigenvalue weighted by Gasteiger charge is 2.30. The van der Waals surface area contributed by atoms with E-state index in [1.54, 1.807) is 0 Å². The van der Waals surface area contributed by atoms with E-state index in [1.165, 1.54) is 28.1 Å². The Hall–Kier alpha value is -1.52. The normalized spacial score (nSPS) is 23.3. The number of carboxylic acids is 1. The third kappa shape index (κ3) is 1.98. The van der Waals surface area contributed by atoms with Crippen LogP contribution in [0.1, 0.15) is 11.6 Å². The molecular weight excluding hydrogens is 246 g/mol. The zero-order chi connectivity index (χ0) is 12.5. The molecule has 2 aromatic rings. The van der Waals surface area contributed by atoms with Crippen LogP contribution in [0.2, 0.25) is 0 Å². The molecule has 1 aliphatic heterocycles. The summed E-state index contributed by atoms with van der Waals surface area (Å²) in [6.45, 7) is 0. The monoisotopic (exact) mass is 259 g/mol. The lowest BCUT2D eigenvalue weighted by molar-refractivity contribution is -0.136. The Kier molecular flexibility index (Phi) is 2.97. The van der Waals surface area contributed by atoms with Gasteiger partial charge < -0.3 is 5.11 Å². The zero-order valence-corrected chi connectivity index (χ0v) is 10.5. The van der Waals surface area contributed by atoms with Crippen molar-refractivity contribution in [3.8, 4) is 0 Å². The molecule has 3 nitrogen and oxygen atoms in total. The van der Waals surface area contributed by atoms with Crippen LogP contribution in [0.5, 0.6) is 0 Å². The molecule has 0 aromatic heterocycles. The van der Waals surface area contributed by atoms with E-state index in [2.05, 4.69) is 29.6 Å². The summed E-state index contributed by atoms with van der Waals surface area (Å²) in [4.78, 5) is 11.0. The maximum Gasteiger partial charge on any atom is 0.331 e. The molecule has 1 fully saturated rings. The molecule has 0 spiro atoms. The third-order valence-electron chi connectivity index (χ3n) is 3.21. The second-order valence-corrected chi connectivity index (χ2v) is 5.48. The van der Waals surface area contributed by atoms with E-state index in [1.807, 2.05) is 18.2 Å². The molecule has 18 heavy (non-hydrogen) atoms. The van der Waals surface area contributed by atoms with Crippen LogP contribution in [0.3, 0.4) is 0 Å². The summed E-state index contributed by atoms with van der Waals surface area (Å²) in [5.74, 6) is 0.00747. The van der Waals surface area contributed by atoms with E-state index in [0.717, 1.165) is 5.75 Å². The first-order valence-corrected chi connectivity index (χ1v) is 6.89. The largest absolute Gasteiger partial charge is 0.479 e. The topological polar surface area (TPSA) is 49.3 Å². The predicted octanol–water partition coefficient (Wildman–Crippen LogP) is 2.63. The minimum absolute atomic E-state index is 0.113. The Balaban J connectivity index is 1.98. The molecule has 2 unspecified atom stereocenters. The molecule has 1 heterocycles. The van der Waals surface area contributed by atoms with Crippen LogP contribution in [-0.4, -0.2) is 22.2 Å². The molecule has 2 aromatic carbocycles. The number of thioether (sulfide) groups is 1. The molecular formula is C14H13NO2S. The quantitative estimate of drug-likeness (QED) is 0.870. The number of nitrogens with one attached hydrogen (secondary N) is 1. The summed E-state index contributed by atoms with van der Waals surface area (Å²) in [6, 6.07) is 14.5. The average Bonchev–Trinajstić information content (AvgIpc) is 2.87. The van der Waals surface area contributed by atoms with Gasteiger partial charge in [0.2, 0.25) is 0 Å². The van der Waals surface area contributed by atoms with Crippen LogP contribution < -0.4 is 5.32 Å². The zero-order valence-electron chi connectivity index (χ0n) is 9.67. The van der Waals surface area contributed by atoms with Gasteiger partial charge in [0.1, 0.15) is 0 Å². The minimum Gasteiger partial charge on any atom is -0.479 e. The van der Waals surface area contributed by atoms with Gasteiger partial charge in [-0.1, -0.05) is 42.5 Å². The average molecular weight is 259 g/mol. The second-order valence-electron chi connectivity index (χ2n) is 4.34. The SMILES string of the molecule is O=C(O)C1NC(c2cccc3ccccc23)CS1. The van der Waals surface area contributed by atoms with Crippen molar-refractivity contribution in [2.75, 3.05) is 5.75 Å². The lowest BCUT2D eigenvalue weighted by Gasteiger charge is -2.14. The number of benzene rings is 2. The van der Waals surface area contributed by atoms with Crippen LogP contribution in [0.25, 0.3) is 10.8 Å². The Morgan fingerprint density at radius 3 is 2.78 bits per heavy atom. The van der Waals surface area contributed by atoms with Crippen molar-refractivity contribution in [1.29, 1.82) is 0 Å². The van der Waals surface area contributed by atoms with Gasteiger partial charge in [0.25, 0.3) is 0 Å². The van der Waals surface area contributed by atoms with Crippen LogP contribution >= 0.6 is 11.8 Å². The van der Waals surface area contributed by atoms with Crippen LogP contribution in [0, 0.1) is 0 Å². The number of hydrogen-bond acceptors (Lipinski definition) is 3. The summed E-state index contributed by atoms with van der Waals surface area (Å²) in [5.41, 5.74) is 1.18. The van der Waals surface area contributed by atoms with E-state index in [-0.39, 0.29) is 6.04 Å². The van der Waals surface area contributed by atoms with Crippen molar-refractivity contribution in [1.82, 2.24) is 5.32 Å². The maximum absolute atomic E-state index is 11.0. The number of carboxylic acid groups (broad SMARTS) is 1. The van der Waals surface area contributed by atoms with Gasteiger partial charge in [-0.3, -0.25) is 5.32 Å². The number of aliphatic carboxylic acids is 1. The number of hydrogen-bond donors (Lipinski definition) is 2.